The summed E-state index contributed by atoms with van der Waals surface area (Å²) in [6.45, 7) is 3.82. The second-order valence-electron chi connectivity index (χ2n) is 7.95. The van der Waals surface area contributed by atoms with Crippen LogP contribution in [0.2, 0.25) is 0 Å². The lowest BCUT2D eigenvalue weighted by Crippen LogP contribution is -2.67. The summed E-state index contributed by atoms with van der Waals surface area (Å²) in [7, 11) is 0. The van der Waals surface area contributed by atoms with E-state index >= 15 is 0 Å². The van der Waals surface area contributed by atoms with Gasteiger partial charge >= 0.3 is 11.9 Å². The Morgan fingerprint density at radius 1 is 0.846 bits per heavy atom. The number of ketones is 2. The molecule has 0 saturated heterocycles. The van der Waals surface area contributed by atoms with Crippen LogP contribution in [-0.2, 0) is 28.7 Å². The zero-order valence-electron chi connectivity index (χ0n) is 14.2. The molecule has 140 valence electrons. The van der Waals surface area contributed by atoms with Crippen LogP contribution in [0.3, 0.4) is 0 Å². The SMILES string of the molecule is CCOC(=O)[C@]12[C@@H]3[C@H]4[C@@H]5[C@@H]([C@@H](I)C(=O)[C@H]51)[C@@]2(C(=O)OCC)[C@H]4C(=O)[C@@H]3I. The molecule has 6 rings (SSSR count). The first-order valence-corrected chi connectivity index (χ1v) is 11.5. The minimum Gasteiger partial charge on any atom is -0.466 e. The number of rotatable bonds is 4. The van der Waals surface area contributed by atoms with Crippen molar-refractivity contribution in [1.82, 2.24) is 0 Å². The Hall–Kier alpha value is -0.260. The van der Waals surface area contributed by atoms with Crippen molar-refractivity contribution in [2.75, 3.05) is 13.2 Å². The third-order valence-corrected chi connectivity index (χ3v) is 10.6. The lowest BCUT2D eigenvalue weighted by Gasteiger charge is -2.52. The van der Waals surface area contributed by atoms with Crippen molar-refractivity contribution in [1.29, 1.82) is 0 Å². The van der Waals surface area contributed by atoms with Gasteiger partial charge < -0.3 is 9.47 Å². The van der Waals surface area contributed by atoms with E-state index in [0.717, 1.165) is 0 Å². The Morgan fingerprint density at radius 3 is 1.50 bits per heavy atom. The highest BCUT2D eigenvalue weighted by Crippen LogP contribution is 2.92. The number of carbonyl (C=O) groups excluding carboxylic acids is 4. The summed E-state index contributed by atoms with van der Waals surface area (Å²) < 4.78 is 10.2. The molecule has 6 aliphatic carbocycles. The normalized spacial score (nSPS) is 54.5. The molecule has 26 heavy (non-hydrogen) atoms. The average Bonchev–Trinajstić information content (AvgIpc) is 3.34. The maximum Gasteiger partial charge on any atom is 0.314 e. The minimum atomic E-state index is -1.21. The van der Waals surface area contributed by atoms with E-state index in [9.17, 15) is 19.2 Å². The fourth-order valence-electron chi connectivity index (χ4n) is 7.77. The smallest absolute Gasteiger partial charge is 0.314 e. The number of hydrogen-bond donors (Lipinski definition) is 0. The first-order chi connectivity index (χ1) is 12.3. The molecule has 0 aromatic carbocycles. The molecule has 8 bridgehead atoms. The van der Waals surface area contributed by atoms with E-state index in [-0.39, 0.29) is 56.3 Å². The number of hydrogen-bond acceptors (Lipinski definition) is 6. The van der Waals surface area contributed by atoms with Gasteiger partial charge in [-0.1, -0.05) is 45.2 Å². The number of Topliss-reactive ketones (excluding diaryl/α,β-unsaturated/α-hetero) is 2. The minimum absolute atomic E-state index is 0.0532. The molecular weight excluding hydrogens is 566 g/mol. The van der Waals surface area contributed by atoms with Gasteiger partial charge in [0.2, 0.25) is 0 Å². The monoisotopic (exact) mass is 584 g/mol. The van der Waals surface area contributed by atoms with Gasteiger partial charge in [0, 0.05) is 11.8 Å². The predicted molar refractivity (Wildman–Crippen MR) is 105 cm³/mol. The van der Waals surface area contributed by atoms with Crippen molar-refractivity contribution in [2.45, 2.75) is 21.7 Å². The van der Waals surface area contributed by atoms with Crippen molar-refractivity contribution >= 4 is 68.7 Å². The molecule has 8 heteroatoms. The van der Waals surface area contributed by atoms with Gasteiger partial charge in [-0.25, -0.2) is 0 Å². The summed E-state index contributed by atoms with van der Waals surface area (Å²) in [6, 6.07) is 0. The van der Waals surface area contributed by atoms with Crippen molar-refractivity contribution in [2.24, 2.45) is 46.3 Å². The molecule has 0 N–H and O–H groups in total. The summed E-state index contributed by atoms with van der Waals surface area (Å²) >= 11 is 4.21. The van der Waals surface area contributed by atoms with Crippen LogP contribution in [0.1, 0.15) is 13.8 Å². The zero-order chi connectivity index (χ0) is 18.8. The molecule has 6 saturated carbocycles. The number of ether oxygens (including phenoxy) is 2. The summed E-state index contributed by atoms with van der Waals surface area (Å²) in [6.07, 6.45) is 0. The van der Waals surface area contributed by atoms with E-state index < -0.39 is 34.6 Å². The molecule has 0 aliphatic heterocycles. The Bertz CT molecular complexity index is 718. The van der Waals surface area contributed by atoms with E-state index in [1.807, 2.05) is 0 Å². The highest BCUT2D eigenvalue weighted by molar-refractivity contribution is 14.1. The fraction of sp³-hybridized carbons (Fsp3) is 0.778. The van der Waals surface area contributed by atoms with Crippen LogP contribution in [0.25, 0.3) is 0 Å². The van der Waals surface area contributed by atoms with Gasteiger partial charge in [0.25, 0.3) is 0 Å². The molecule has 6 nitrogen and oxygen atoms in total. The van der Waals surface area contributed by atoms with E-state index in [1.54, 1.807) is 13.8 Å². The van der Waals surface area contributed by atoms with Gasteiger partial charge in [0.05, 0.1) is 31.9 Å². The fourth-order valence-corrected chi connectivity index (χ4v) is 10.6. The van der Waals surface area contributed by atoms with Crippen LogP contribution in [-0.4, -0.2) is 44.6 Å². The second kappa shape index (κ2) is 5.21. The summed E-state index contributed by atoms with van der Waals surface area (Å²) in [5, 5.41) is 0. The molecule has 6 aliphatic rings. The summed E-state index contributed by atoms with van der Waals surface area (Å²) in [5.74, 6) is -2.56. The molecular formula is C18H18I2O6. The lowest BCUT2D eigenvalue weighted by atomic mass is 9.49. The van der Waals surface area contributed by atoms with Crippen LogP contribution < -0.4 is 0 Å². The molecule has 0 heterocycles. The van der Waals surface area contributed by atoms with E-state index in [1.165, 1.54) is 0 Å². The second-order valence-corrected chi connectivity index (χ2v) is 10.6. The van der Waals surface area contributed by atoms with Crippen molar-refractivity contribution in [3.63, 3.8) is 0 Å². The van der Waals surface area contributed by atoms with E-state index in [4.69, 9.17) is 9.47 Å². The molecule has 10 atom stereocenters. The van der Waals surface area contributed by atoms with Crippen molar-refractivity contribution in [3.8, 4) is 0 Å². The highest BCUT2D eigenvalue weighted by Gasteiger charge is 3.01. The molecule has 0 spiro atoms. The Morgan fingerprint density at radius 2 is 1.19 bits per heavy atom. The summed E-state index contributed by atoms with van der Waals surface area (Å²) in [4.78, 5) is 52.8. The van der Waals surface area contributed by atoms with Gasteiger partial charge in [-0.2, -0.15) is 0 Å². The molecule has 0 unspecified atom stereocenters. The van der Waals surface area contributed by atoms with Crippen molar-refractivity contribution in [3.05, 3.63) is 0 Å². The van der Waals surface area contributed by atoms with Crippen LogP contribution in [0, 0.1) is 46.3 Å². The molecule has 0 aromatic rings. The molecule has 0 aromatic heterocycles. The van der Waals surface area contributed by atoms with Gasteiger partial charge in [-0.05, 0) is 37.5 Å². The maximum absolute atomic E-state index is 13.4. The third kappa shape index (κ3) is 1.37. The zero-order valence-corrected chi connectivity index (χ0v) is 18.6. The first-order valence-electron chi connectivity index (χ1n) is 9.05. The number of halogens is 2. The van der Waals surface area contributed by atoms with Crippen LogP contribution >= 0.6 is 45.2 Å². The average molecular weight is 584 g/mol. The lowest BCUT2D eigenvalue weighted by molar-refractivity contribution is -0.195. The number of carbonyl (C=O) groups is 4. The summed E-state index contributed by atoms with van der Waals surface area (Å²) in [5.41, 5.74) is -2.42. The number of esters is 2. The van der Waals surface area contributed by atoms with Gasteiger partial charge in [-0.15, -0.1) is 0 Å². The maximum atomic E-state index is 13.4. The van der Waals surface area contributed by atoms with Crippen LogP contribution in [0.5, 0.6) is 0 Å². The van der Waals surface area contributed by atoms with Gasteiger partial charge in [0.1, 0.15) is 0 Å². The standard InChI is InChI=1S/C18H18I2O6/c1-3-25-15(23)17-7-5-6-8(12(20)13(21)9(6)17)18(17,16(24)26-4-2)10(5)14(22)11(7)19/h5-12H,3-4H2,1-2H3/t5-,6-,7-,8+,9+,10-,11-,12-,17+,18+/m1/s1. The molecule has 6 fully saturated rings. The quantitative estimate of drug-likeness (QED) is 0.284. The molecule has 0 amide bonds. The largest absolute Gasteiger partial charge is 0.466 e. The Labute approximate surface area is 177 Å². The first kappa shape index (κ1) is 17.8. The molecule has 0 radical (unpaired) electrons. The van der Waals surface area contributed by atoms with E-state index in [2.05, 4.69) is 45.2 Å². The number of alkyl halides is 2. The highest BCUT2D eigenvalue weighted by atomic mass is 127. The predicted octanol–water partition coefficient (Wildman–Crippen LogP) is 1.60. The topological polar surface area (TPSA) is 86.7 Å². The third-order valence-electron chi connectivity index (χ3n) is 7.77. The van der Waals surface area contributed by atoms with Crippen LogP contribution in [0.4, 0.5) is 0 Å². The van der Waals surface area contributed by atoms with Crippen LogP contribution in [0.15, 0.2) is 0 Å². The van der Waals surface area contributed by atoms with Crippen molar-refractivity contribution < 1.29 is 28.7 Å². The van der Waals surface area contributed by atoms with E-state index in [0.29, 0.717) is 0 Å². The van der Waals surface area contributed by atoms with Gasteiger partial charge in [-0.3, -0.25) is 19.2 Å². The Kier molecular flexibility index (Phi) is 3.57. The Balaban J connectivity index is 1.81. The van der Waals surface area contributed by atoms with Gasteiger partial charge in [0.15, 0.2) is 11.6 Å².